The Morgan fingerprint density at radius 1 is 1.10 bits per heavy atom. The summed E-state index contributed by atoms with van der Waals surface area (Å²) in [5.74, 6) is -0.209. The summed E-state index contributed by atoms with van der Waals surface area (Å²) >= 11 is 1.83. The lowest BCUT2D eigenvalue weighted by molar-refractivity contribution is -0.117. The first kappa shape index (κ1) is 22.6. The standard InChI is InChI=1S/C15H15NS.C10H14N2O2/c1-2-6-13(7-3-1)17-14-8-9-15-12(11-14)5-4-10-16-15;1-6-4-7(13)5-9(11)8(6)2-3-10(12)14/h1-3,6-9,11,16H,4-5,10H2;4-5,13H,2-3,11H2,1H3,(H2,12,14). The molecule has 0 radical (unpaired) electrons. The second-order valence-electron chi connectivity index (χ2n) is 7.56. The third kappa shape index (κ3) is 6.69. The molecule has 0 aromatic heterocycles. The molecular formula is C25H29N3O2S. The number of phenols is 1. The molecule has 1 aliphatic rings. The average molecular weight is 436 g/mol. The van der Waals surface area contributed by atoms with Crippen LogP contribution in [0.25, 0.3) is 0 Å². The van der Waals surface area contributed by atoms with Crippen molar-refractivity contribution in [2.45, 2.75) is 42.4 Å². The van der Waals surface area contributed by atoms with Gasteiger partial charge >= 0.3 is 0 Å². The van der Waals surface area contributed by atoms with Gasteiger partial charge in [0.2, 0.25) is 5.91 Å². The molecule has 0 bridgehead atoms. The number of anilines is 2. The minimum atomic E-state index is -0.350. The Kier molecular flexibility index (Phi) is 7.84. The van der Waals surface area contributed by atoms with Crippen LogP contribution in [0.1, 0.15) is 29.5 Å². The first-order valence-corrected chi connectivity index (χ1v) is 11.2. The van der Waals surface area contributed by atoms with Crippen molar-refractivity contribution in [3.05, 3.63) is 77.4 Å². The molecule has 162 valence electrons. The van der Waals surface area contributed by atoms with Crippen LogP contribution in [0.5, 0.6) is 5.75 Å². The van der Waals surface area contributed by atoms with Crippen LogP contribution in [-0.4, -0.2) is 17.6 Å². The maximum atomic E-state index is 10.6. The number of hydrogen-bond donors (Lipinski definition) is 4. The van der Waals surface area contributed by atoms with Crippen LogP contribution in [0, 0.1) is 6.92 Å². The Labute approximate surface area is 187 Å². The van der Waals surface area contributed by atoms with Crippen molar-refractivity contribution >= 4 is 29.0 Å². The fourth-order valence-corrected chi connectivity index (χ4v) is 4.46. The van der Waals surface area contributed by atoms with E-state index in [1.807, 2.05) is 18.7 Å². The topological polar surface area (TPSA) is 101 Å². The summed E-state index contributed by atoms with van der Waals surface area (Å²) in [7, 11) is 0. The first-order chi connectivity index (χ1) is 14.9. The van der Waals surface area contributed by atoms with E-state index in [-0.39, 0.29) is 18.1 Å². The van der Waals surface area contributed by atoms with E-state index in [1.165, 1.54) is 39.9 Å². The number of carbonyl (C=O) groups excluding carboxylic acids is 1. The number of nitrogens with two attached hydrogens (primary N) is 2. The number of hydrogen-bond acceptors (Lipinski definition) is 5. The number of rotatable bonds is 5. The minimum absolute atomic E-state index is 0.142. The molecule has 3 aromatic carbocycles. The maximum absolute atomic E-state index is 10.6. The minimum Gasteiger partial charge on any atom is -0.508 e. The molecule has 6 heteroatoms. The number of primary amides is 1. The van der Waals surface area contributed by atoms with Gasteiger partial charge in [0.1, 0.15) is 5.75 Å². The van der Waals surface area contributed by atoms with Crippen molar-refractivity contribution in [3.63, 3.8) is 0 Å². The third-order valence-electron chi connectivity index (χ3n) is 5.11. The van der Waals surface area contributed by atoms with E-state index < -0.39 is 0 Å². The summed E-state index contributed by atoms with van der Waals surface area (Å²) in [6.07, 6.45) is 3.24. The zero-order valence-corrected chi connectivity index (χ0v) is 18.5. The van der Waals surface area contributed by atoms with Gasteiger partial charge in [-0.05, 0) is 79.3 Å². The molecule has 3 aromatic rings. The number of carbonyl (C=O) groups is 1. The molecule has 1 aliphatic heterocycles. The summed E-state index contributed by atoms with van der Waals surface area (Å²) < 4.78 is 0. The lowest BCUT2D eigenvalue weighted by atomic mass is 10.0. The largest absolute Gasteiger partial charge is 0.508 e. The number of fused-ring (bicyclic) bond motifs is 1. The predicted molar refractivity (Wildman–Crippen MR) is 129 cm³/mol. The van der Waals surface area contributed by atoms with E-state index in [0.717, 1.165) is 17.7 Å². The Balaban J connectivity index is 0.000000180. The lowest BCUT2D eigenvalue weighted by Crippen LogP contribution is -2.12. The molecule has 1 heterocycles. The van der Waals surface area contributed by atoms with E-state index in [4.69, 9.17) is 11.5 Å². The van der Waals surface area contributed by atoms with Crippen molar-refractivity contribution in [2.24, 2.45) is 5.73 Å². The number of amides is 1. The van der Waals surface area contributed by atoms with Gasteiger partial charge in [-0.1, -0.05) is 30.0 Å². The first-order valence-electron chi connectivity index (χ1n) is 10.4. The second kappa shape index (κ2) is 10.8. The van der Waals surface area contributed by atoms with Gasteiger partial charge < -0.3 is 21.9 Å². The van der Waals surface area contributed by atoms with Crippen LogP contribution in [-0.2, 0) is 17.6 Å². The highest BCUT2D eigenvalue weighted by molar-refractivity contribution is 7.99. The zero-order chi connectivity index (χ0) is 22.2. The number of aromatic hydroxyl groups is 1. The highest BCUT2D eigenvalue weighted by Crippen LogP contribution is 2.32. The van der Waals surface area contributed by atoms with Gasteiger partial charge in [-0.2, -0.15) is 0 Å². The van der Waals surface area contributed by atoms with E-state index in [1.54, 1.807) is 6.07 Å². The summed E-state index contributed by atoms with van der Waals surface area (Å²) in [5.41, 5.74) is 15.8. The van der Waals surface area contributed by atoms with Crippen LogP contribution >= 0.6 is 11.8 Å². The van der Waals surface area contributed by atoms with Crippen LogP contribution < -0.4 is 16.8 Å². The maximum Gasteiger partial charge on any atom is 0.217 e. The highest BCUT2D eigenvalue weighted by atomic mass is 32.2. The van der Waals surface area contributed by atoms with Gasteiger partial charge in [0.05, 0.1) is 0 Å². The fourth-order valence-electron chi connectivity index (χ4n) is 3.55. The summed E-state index contributed by atoms with van der Waals surface area (Å²) in [6, 6.07) is 20.4. The summed E-state index contributed by atoms with van der Waals surface area (Å²) in [6.45, 7) is 2.95. The van der Waals surface area contributed by atoms with Crippen LogP contribution in [0.4, 0.5) is 11.4 Å². The van der Waals surface area contributed by atoms with Crippen molar-refractivity contribution in [2.75, 3.05) is 17.6 Å². The quantitative estimate of drug-likeness (QED) is 0.427. The Morgan fingerprint density at radius 3 is 2.58 bits per heavy atom. The smallest absolute Gasteiger partial charge is 0.217 e. The van der Waals surface area contributed by atoms with E-state index in [0.29, 0.717) is 12.1 Å². The predicted octanol–water partition coefficient (Wildman–Crippen LogP) is 4.90. The van der Waals surface area contributed by atoms with Crippen LogP contribution in [0.3, 0.4) is 0 Å². The van der Waals surface area contributed by atoms with E-state index >= 15 is 0 Å². The normalized spacial score (nSPS) is 12.2. The Hall–Kier alpha value is -3.12. The molecule has 0 fully saturated rings. The SMILES string of the molecule is Cc1cc(O)cc(N)c1CCC(N)=O.c1ccc(Sc2ccc3c(c2)CCCN3)cc1. The number of benzene rings is 3. The van der Waals surface area contributed by atoms with Crippen molar-refractivity contribution in [3.8, 4) is 5.75 Å². The summed E-state index contributed by atoms with van der Waals surface area (Å²) in [5, 5.41) is 12.7. The Bertz CT molecular complexity index is 1020. The van der Waals surface area contributed by atoms with Crippen molar-refractivity contribution in [1.82, 2.24) is 0 Å². The molecule has 0 aliphatic carbocycles. The molecule has 0 atom stereocenters. The number of aryl methyl sites for hydroxylation is 2. The van der Waals surface area contributed by atoms with Crippen molar-refractivity contribution < 1.29 is 9.90 Å². The average Bonchev–Trinajstić information content (AvgIpc) is 2.74. The second-order valence-corrected chi connectivity index (χ2v) is 8.71. The van der Waals surface area contributed by atoms with Gasteiger partial charge in [-0.15, -0.1) is 0 Å². The molecule has 0 spiro atoms. The number of nitrogens with one attached hydrogen (secondary N) is 1. The van der Waals surface area contributed by atoms with E-state index in [9.17, 15) is 9.90 Å². The molecule has 0 saturated heterocycles. The van der Waals surface area contributed by atoms with Gasteiger partial charge in [0.25, 0.3) is 0 Å². The van der Waals surface area contributed by atoms with Crippen LogP contribution in [0.2, 0.25) is 0 Å². The molecule has 1 amide bonds. The molecule has 0 unspecified atom stereocenters. The van der Waals surface area contributed by atoms with E-state index in [2.05, 4.69) is 53.8 Å². The van der Waals surface area contributed by atoms with Gasteiger partial charge in [-0.25, -0.2) is 0 Å². The van der Waals surface area contributed by atoms with Gasteiger partial charge in [-0.3, -0.25) is 4.79 Å². The van der Waals surface area contributed by atoms with Gasteiger partial charge in [0, 0.05) is 40.2 Å². The molecule has 6 N–H and O–H groups in total. The van der Waals surface area contributed by atoms with Crippen molar-refractivity contribution in [1.29, 1.82) is 0 Å². The highest BCUT2D eigenvalue weighted by Gasteiger charge is 2.09. The lowest BCUT2D eigenvalue weighted by Gasteiger charge is -2.18. The Morgan fingerprint density at radius 2 is 1.87 bits per heavy atom. The number of nitrogen functional groups attached to an aromatic ring is 1. The molecular weight excluding hydrogens is 406 g/mol. The molecule has 5 nitrogen and oxygen atoms in total. The third-order valence-corrected chi connectivity index (χ3v) is 6.11. The molecule has 0 saturated carbocycles. The molecule has 31 heavy (non-hydrogen) atoms. The van der Waals surface area contributed by atoms with Crippen LogP contribution in [0.15, 0.2) is 70.5 Å². The number of phenolic OH excluding ortho intramolecular Hbond substituents is 1. The summed E-state index contributed by atoms with van der Waals surface area (Å²) in [4.78, 5) is 13.2. The fraction of sp³-hybridized carbons (Fsp3) is 0.240. The zero-order valence-electron chi connectivity index (χ0n) is 17.7. The molecule has 4 rings (SSSR count). The van der Waals surface area contributed by atoms with Gasteiger partial charge in [0.15, 0.2) is 0 Å². The monoisotopic (exact) mass is 435 g/mol.